The Morgan fingerprint density at radius 3 is 2.94 bits per heavy atom. The standard InChI is InChI=1S/C14H21BrN2O/c1-16(10-12-6-4-8-17(12)2)9-11-5-3-7-13(15)14(11)18/h3,5,7,12,18H,4,6,8-10H2,1-2H3. The highest BCUT2D eigenvalue weighted by Crippen LogP contribution is 2.28. The van der Waals surface area contributed by atoms with Gasteiger partial charge in [-0.2, -0.15) is 0 Å². The minimum Gasteiger partial charge on any atom is -0.506 e. The van der Waals surface area contributed by atoms with Crippen LogP contribution in [0.2, 0.25) is 0 Å². The van der Waals surface area contributed by atoms with Gasteiger partial charge in [0.2, 0.25) is 0 Å². The molecule has 0 saturated carbocycles. The number of likely N-dealkylation sites (tertiary alicyclic amines) is 1. The number of hydrogen-bond donors (Lipinski definition) is 1. The van der Waals surface area contributed by atoms with E-state index in [-0.39, 0.29) is 0 Å². The van der Waals surface area contributed by atoms with E-state index < -0.39 is 0 Å². The van der Waals surface area contributed by atoms with E-state index in [0.717, 1.165) is 23.1 Å². The van der Waals surface area contributed by atoms with Crippen LogP contribution < -0.4 is 0 Å². The molecule has 0 aliphatic carbocycles. The predicted octanol–water partition coefficient (Wildman–Crippen LogP) is 2.68. The topological polar surface area (TPSA) is 26.7 Å². The van der Waals surface area contributed by atoms with E-state index in [1.165, 1.54) is 19.4 Å². The molecule has 0 aromatic heterocycles. The maximum absolute atomic E-state index is 9.98. The van der Waals surface area contributed by atoms with Crippen LogP contribution in [-0.4, -0.2) is 48.1 Å². The summed E-state index contributed by atoms with van der Waals surface area (Å²) in [6, 6.07) is 6.47. The molecule has 18 heavy (non-hydrogen) atoms. The van der Waals surface area contributed by atoms with Gasteiger partial charge in [-0.05, 0) is 55.5 Å². The SMILES string of the molecule is CN(Cc1cccc(Br)c1O)CC1CCCN1C. The molecule has 1 saturated heterocycles. The van der Waals surface area contributed by atoms with Gasteiger partial charge in [-0.3, -0.25) is 0 Å². The second kappa shape index (κ2) is 6.04. The Morgan fingerprint density at radius 2 is 2.28 bits per heavy atom. The summed E-state index contributed by atoms with van der Waals surface area (Å²) in [6.45, 7) is 3.05. The number of aromatic hydroxyl groups is 1. The quantitative estimate of drug-likeness (QED) is 0.926. The Bertz CT molecular complexity index is 411. The van der Waals surface area contributed by atoms with Crippen LogP contribution in [-0.2, 0) is 6.54 Å². The molecule has 1 unspecified atom stereocenters. The summed E-state index contributed by atoms with van der Waals surface area (Å²) in [5, 5.41) is 9.98. The van der Waals surface area contributed by atoms with Gasteiger partial charge in [0.1, 0.15) is 5.75 Å². The third kappa shape index (κ3) is 3.25. The number of halogens is 1. The van der Waals surface area contributed by atoms with Gasteiger partial charge in [-0.25, -0.2) is 0 Å². The lowest BCUT2D eigenvalue weighted by atomic mass is 10.1. The number of hydrogen-bond acceptors (Lipinski definition) is 3. The molecule has 100 valence electrons. The van der Waals surface area contributed by atoms with Crippen LogP contribution >= 0.6 is 15.9 Å². The number of likely N-dealkylation sites (N-methyl/N-ethyl adjacent to an activating group) is 2. The average molecular weight is 313 g/mol. The molecule has 1 aromatic rings. The molecule has 0 spiro atoms. The van der Waals surface area contributed by atoms with Gasteiger partial charge in [0.15, 0.2) is 0 Å². The zero-order chi connectivity index (χ0) is 13.1. The fraction of sp³-hybridized carbons (Fsp3) is 0.571. The van der Waals surface area contributed by atoms with Crippen molar-refractivity contribution >= 4 is 15.9 Å². The van der Waals surface area contributed by atoms with E-state index in [1.807, 2.05) is 18.2 Å². The smallest absolute Gasteiger partial charge is 0.134 e. The number of nitrogens with zero attached hydrogens (tertiary/aromatic N) is 2. The van der Waals surface area contributed by atoms with Crippen LogP contribution in [0.4, 0.5) is 0 Å². The van der Waals surface area contributed by atoms with Crippen molar-refractivity contribution in [3.8, 4) is 5.75 Å². The monoisotopic (exact) mass is 312 g/mol. The van der Waals surface area contributed by atoms with Crippen molar-refractivity contribution in [2.24, 2.45) is 0 Å². The lowest BCUT2D eigenvalue weighted by molar-refractivity contribution is 0.214. The zero-order valence-electron chi connectivity index (χ0n) is 11.1. The summed E-state index contributed by atoms with van der Waals surface area (Å²) < 4.78 is 0.770. The van der Waals surface area contributed by atoms with E-state index in [9.17, 15) is 5.11 Å². The third-order valence-electron chi connectivity index (χ3n) is 3.70. The van der Waals surface area contributed by atoms with E-state index in [1.54, 1.807) is 0 Å². The molecule has 1 aliphatic heterocycles. The molecule has 2 rings (SSSR count). The lowest BCUT2D eigenvalue weighted by Crippen LogP contribution is -2.36. The Hall–Kier alpha value is -0.580. The van der Waals surface area contributed by atoms with Gasteiger partial charge in [-0.15, -0.1) is 0 Å². The average Bonchev–Trinajstić information content (AvgIpc) is 2.71. The van der Waals surface area contributed by atoms with Crippen LogP contribution in [0.15, 0.2) is 22.7 Å². The first kappa shape index (κ1) is 13.8. The second-order valence-corrected chi connectivity index (χ2v) is 6.08. The molecular weight excluding hydrogens is 292 g/mol. The van der Waals surface area contributed by atoms with Crippen molar-refractivity contribution in [1.82, 2.24) is 9.80 Å². The van der Waals surface area contributed by atoms with Crippen LogP contribution in [0, 0.1) is 0 Å². The lowest BCUT2D eigenvalue weighted by Gasteiger charge is -2.26. The van der Waals surface area contributed by atoms with Crippen molar-refractivity contribution in [1.29, 1.82) is 0 Å². The molecule has 1 N–H and O–H groups in total. The second-order valence-electron chi connectivity index (χ2n) is 5.22. The van der Waals surface area contributed by atoms with Crippen molar-refractivity contribution in [2.45, 2.75) is 25.4 Å². The Balaban J connectivity index is 1.94. The number of rotatable bonds is 4. The van der Waals surface area contributed by atoms with Crippen LogP contribution in [0.5, 0.6) is 5.75 Å². The first-order chi connectivity index (χ1) is 8.58. The van der Waals surface area contributed by atoms with Gasteiger partial charge < -0.3 is 14.9 Å². The molecule has 4 heteroatoms. The molecule has 1 fully saturated rings. The molecule has 1 heterocycles. The highest BCUT2D eigenvalue weighted by molar-refractivity contribution is 9.10. The van der Waals surface area contributed by atoms with Gasteiger partial charge in [0.25, 0.3) is 0 Å². The van der Waals surface area contributed by atoms with Crippen LogP contribution in [0.25, 0.3) is 0 Å². The van der Waals surface area contributed by atoms with E-state index >= 15 is 0 Å². The first-order valence-electron chi connectivity index (χ1n) is 6.43. The fourth-order valence-corrected chi connectivity index (χ4v) is 3.02. The van der Waals surface area contributed by atoms with E-state index in [2.05, 4.69) is 39.8 Å². The van der Waals surface area contributed by atoms with E-state index in [0.29, 0.717) is 11.8 Å². The highest BCUT2D eigenvalue weighted by Gasteiger charge is 2.22. The highest BCUT2D eigenvalue weighted by atomic mass is 79.9. The molecule has 1 atom stereocenters. The van der Waals surface area contributed by atoms with Crippen molar-refractivity contribution in [3.05, 3.63) is 28.2 Å². The van der Waals surface area contributed by atoms with Crippen molar-refractivity contribution in [3.63, 3.8) is 0 Å². The Morgan fingerprint density at radius 1 is 1.50 bits per heavy atom. The molecule has 0 bridgehead atoms. The number of benzene rings is 1. The summed E-state index contributed by atoms with van der Waals surface area (Å²) in [7, 11) is 4.31. The molecular formula is C14H21BrN2O. The van der Waals surface area contributed by atoms with Crippen molar-refractivity contribution in [2.75, 3.05) is 27.2 Å². The minimum absolute atomic E-state index is 0.365. The summed E-state index contributed by atoms with van der Waals surface area (Å²) in [5.74, 6) is 0.365. The van der Waals surface area contributed by atoms with E-state index in [4.69, 9.17) is 0 Å². The maximum Gasteiger partial charge on any atom is 0.134 e. The molecule has 3 nitrogen and oxygen atoms in total. The maximum atomic E-state index is 9.98. The third-order valence-corrected chi connectivity index (χ3v) is 4.34. The Kier molecular flexibility index (Phi) is 4.65. The van der Waals surface area contributed by atoms with Crippen LogP contribution in [0.3, 0.4) is 0 Å². The molecule has 0 amide bonds. The number of phenols is 1. The minimum atomic E-state index is 0.365. The van der Waals surface area contributed by atoms with Crippen LogP contribution in [0.1, 0.15) is 18.4 Å². The largest absolute Gasteiger partial charge is 0.506 e. The molecule has 1 aromatic carbocycles. The summed E-state index contributed by atoms with van der Waals surface area (Å²) in [5.41, 5.74) is 0.979. The fourth-order valence-electron chi connectivity index (χ4n) is 2.61. The summed E-state index contributed by atoms with van der Waals surface area (Å²) in [4.78, 5) is 4.71. The zero-order valence-corrected chi connectivity index (χ0v) is 12.7. The summed E-state index contributed by atoms with van der Waals surface area (Å²) in [6.07, 6.45) is 2.59. The normalized spacial score (nSPS) is 20.8. The predicted molar refractivity (Wildman–Crippen MR) is 77.8 cm³/mol. The van der Waals surface area contributed by atoms with Gasteiger partial charge in [-0.1, -0.05) is 12.1 Å². The Labute approximate surface area is 118 Å². The van der Waals surface area contributed by atoms with Gasteiger partial charge in [0, 0.05) is 24.7 Å². The molecule has 0 radical (unpaired) electrons. The van der Waals surface area contributed by atoms with Gasteiger partial charge in [0.05, 0.1) is 4.47 Å². The van der Waals surface area contributed by atoms with Gasteiger partial charge >= 0.3 is 0 Å². The first-order valence-corrected chi connectivity index (χ1v) is 7.22. The van der Waals surface area contributed by atoms with Crippen molar-refractivity contribution < 1.29 is 5.11 Å². The molecule has 1 aliphatic rings. The number of para-hydroxylation sites is 1. The summed E-state index contributed by atoms with van der Waals surface area (Å²) >= 11 is 3.36. The number of phenolic OH excluding ortho intramolecular Hbond substituents is 1.